The van der Waals surface area contributed by atoms with Crippen molar-refractivity contribution in [1.82, 2.24) is 5.32 Å². The second kappa shape index (κ2) is 6.01. The van der Waals surface area contributed by atoms with Crippen molar-refractivity contribution in [3.05, 3.63) is 35.9 Å². The molecule has 1 saturated carbocycles. The van der Waals surface area contributed by atoms with E-state index in [0.29, 0.717) is 12.0 Å². The molecule has 0 aliphatic heterocycles. The molecule has 0 spiro atoms. The molecule has 1 aromatic rings. The molecule has 98 valence electrons. The number of hydrogen-bond acceptors (Lipinski definition) is 2. The Balaban J connectivity index is 1.95. The lowest BCUT2D eigenvalue weighted by Gasteiger charge is -2.30. The lowest BCUT2D eigenvalue weighted by atomic mass is 9.85. The summed E-state index contributed by atoms with van der Waals surface area (Å²) in [5.74, 6) is 0.505. The van der Waals surface area contributed by atoms with Crippen molar-refractivity contribution in [3.8, 4) is 0 Å². The highest BCUT2D eigenvalue weighted by Gasteiger charge is 2.25. The number of nitrogens with two attached hydrogens (primary N) is 1. The molecule has 1 aliphatic carbocycles. The summed E-state index contributed by atoms with van der Waals surface area (Å²) in [7, 11) is 0. The highest BCUT2D eigenvalue weighted by Crippen LogP contribution is 2.24. The Morgan fingerprint density at radius 2 is 1.94 bits per heavy atom. The van der Waals surface area contributed by atoms with Gasteiger partial charge < -0.3 is 11.1 Å². The summed E-state index contributed by atoms with van der Waals surface area (Å²) in [6.07, 6.45) is 4.76. The van der Waals surface area contributed by atoms with Crippen LogP contribution in [0.15, 0.2) is 30.3 Å². The second-order valence-electron chi connectivity index (χ2n) is 5.27. The Kier molecular flexibility index (Phi) is 4.37. The Bertz CT molecular complexity index is 391. The van der Waals surface area contributed by atoms with Crippen LogP contribution in [-0.4, -0.2) is 11.9 Å². The normalized spacial score (nSPS) is 25.4. The van der Waals surface area contributed by atoms with Crippen LogP contribution in [0.2, 0.25) is 0 Å². The number of benzene rings is 1. The van der Waals surface area contributed by atoms with Crippen LogP contribution in [0, 0.1) is 5.92 Å². The highest BCUT2D eigenvalue weighted by atomic mass is 16.2. The lowest BCUT2D eigenvalue weighted by molar-refractivity contribution is -0.123. The van der Waals surface area contributed by atoms with E-state index < -0.39 is 6.04 Å². The molecule has 18 heavy (non-hydrogen) atoms. The van der Waals surface area contributed by atoms with E-state index in [2.05, 4.69) is 12.2 Å². The molecule has 0 saturated heterocycles. The van der Waals surface area contributed by atoms with E-state index in [1.54, 1.807) is 0 Å². The summed E-state index contributed by atoms with van der Waals surface area (Å²) in [5, 5.41) is 3.10. The van der Waals surface area contributed by atoms with Gasteiger partial charge in [-0.05, 0) is 24.3 Å². The van der Waals surface area contributed by atoms with Gasteiger partial charge in [0.1, 0.15) is 6.04 Å². The molecule has 3 unspecified atom stereocenters. The quantitative estimate of drug-likeness (QED) is 0.860. The fraction of sp³-hybridized carbons (Fsp3) is 0.533. The Morgan fingerprint density at radius 1 is 1.28 bits per heavy atom. The van der Waals surface area contributed by atoms with Crippen LogP contribution < -0.4 is 11.1 Å². The fourth-order valence-corrected chi connectivity index (χ4v) is 2.61. The summed E-state index contributed by atoms with van der Waals surface area (Å²) in [5.41, 5.74) is 6.86. The molecule has 0 heterocycles. The van der Waals surface area contributed by atoms with Crippen molar-refractivity contribution in [2.75, 3.05) is 0 Å². The van der Waals surface area contributed by atoms with E-state index in [1.165, 1.54) is 19.3 Å². The highest BCUT2D eigenvalue weighted by molar-refractivity contribution is 5.83. The minimum absolute atomic E-state index is 0.0556. The SMILES string of the molecule is CC1CCCCC1NC(=O)C(N)c1ccccc1. The first kappa shape index (κ1) is 13.1. The Hall–Kier alpha value is -1.35. The average molecular weight is 246 g/mol. The molecule has 1 amide bonds. The number of hydrogen-bond donors (Lipinski definition) is 2. The van der Waals surface area contributed by atoms with Crippen LogP contribution >= 0.6 is 0 Å². The number of carbonyl (C=O) groups is 1. The van der Waals surface area contributed by atoms with E-state index in [-0.39, 0.29) is 5.91 Å². The van der Waals surface area contributed by atoms with Crippen LogP contribution in [0.4, 0.5) is 0 Å². The molecular formula is C15H22N2O. The smallest absolute Gasteiger partial charge is 0.241 e. The third-order valence-corrected chi connectivity index (χ3v) is 3.88. The standard InChI is InChI=1S/C15H22N2O/c1-11-7-5-6-10-13(11)17-15(18)14(16)12-8-3-2-4-9-12/h2-4,8-9,11,13-14H,5-7,10,16H2,1H3,(H,17,18). The van der Waals surface area contributed by atoms with E-state index in [1.807, 2.05) is 30.3 Å². The topological polar surface area (TPSA) is 55.1 Å². The van der Waals surface area contributed by atoms with Crippen LogP contribution in [0.5, 0.6) is 0 Å². The van der Waals surface area contributed by atoms with Crippen LogP contribution in [0.25, 0.3) is 0 Å². The predicted octanol–water partition coefficient (Wildman–Crippen LogP) is 2.38. The van der Waals surface area contributed by atoms with E-state index in [0.717, 1.165) is 12.0 Å². The third-order valence-electron chi connectivity index (χ3n) is 3.88. The van der Waals surface area contributed by atoms with Crippen molar-refractivity contribution in [1.29, 1.82) is 0 Å². The number of nitrogens with one attached hydrogen (secondary N) is 1. The molecule has 3 heteroatoms. The van der Waals surface area contributed by atoms with E-state index >= 15 is 0 Å². The van der Waals surface area contributed by atoms with Gasteiger partial charge in [-0.25, -0.2) is 0 Å². The zero-order chi connectivity index (χ0) is 13.0. The lowest BCUT2D eigenvalue weighted by Crippen LogP contribution is -2.45. The molecule has 1 aliphatic rings. The van der Waals surface area contributed by atoms with Gasteiger partial charge in [-0.3, -0.25) is 4.79 Å². The van der Waals surface area contributed by atoms with Gasteiger partial charge in [0.25, 0.3) is 0 Å². The fourth-order valence-electron chi connectivity index (χ4n) is 2.61. The van der Waals surface area contributed by atoms with Crippen molar-refractivity contribution < 1.29 is 4.79 Å². The van der Waals surface area contributed by atoms with Gasteiger partial charge in [-0.1, -0.05) is 50.1 Å². The molecule has 0 aromatic heterocycles. The van der Waals surface area contributed by atoms with Crippen molar-refractivity contribution in [2.24, 2.45) is 11.7 Å². The molecule has 3 nitrogen and oxygen atoms in total. The van der Waals surface area contributed by atoms with Gasteiger partial charge in [0, 0.05) is 6.04 Å². The van der Waals surface area contributed by atoms with Gasteiger partial charge in [0.15, 0.2) is 0 Å². The van der Waals surface area contributed by atoms with Gasteiger partial charge in [0.05, 0.1) is 0 Å². The first-order valence-corrected chi connectivity index (χ1v) is 6.79. The van der Waals surface area contributed by atoms with Crippen molar-refractivity contribution in [2.45, 2.75) is 44.7 Å². The first-order chi connectivity index (χ1) is 8.68. The molecule has 3 N–H and O–H groups in total. The summed E-state index contributed by atoms with van der Waals surface area (Å²) < 4.78 is 0. The first-order valence-electron chi connectivity index (χ1n) is 6.79. The Labute approximate surface area is 109 Å². The van der Waals surface area contributed by atoms with Crippen LogP contribution in [0.1, 0.15) is 44.2 Å². The molecule has 2 rings (SSSR count). The maximum absolute atomic E-state index is 12.1. The summed E-state index contributed by atoms with van der Waals surface area (Å²) in [6, 6.07) is 9.28. The molecule has 1 aromatic carbocycles. The Morgan fingerprint density at radius 3 is 2.61 bits per heavy atom. The monoisotopic (exact) mass is 246 g/mol. The largest absolute Gasteiger partial charge is 0.351 e. The van der Waals surface area contributed by atoms with Crippen LogP contribution in [-0.2, 0) is 4.79 Å². The summed E-state index contributed by atoms with van der Waals surface area (Å²) >= 11 is 0. The molecule has 3 atom stereocenters. The van der Waals surface area contributed by atoms with Crippen molar-refractivity contribution >= 4 is 5.91 Å². The third kappa shape index (κ3) is 3.10. The van der Waals surface area contributed by atoms with Gasteiger partial charge in [-0.15, -0.1) is 0 Å². The summed E-state index contributed by atoms with van der Waals surface area (Å²) in [6.45, 7) is 2.21. The zero-order valence-electron chi connectivity index (χ0n) is 10.9. The van der Waals surface area contributed by atoms with Gasteiger partial charge >= 0.3 is 0 Å². The maximum Gasteiger partial charge on any atom is 0.241 e. The predicted molar refractivity (Wildman–Crippen MR) is 72.9 cm³/mol. The van der Waals surface area contributed by atoms with Crippen LogP contribution in [0.3, 0.4) is 0 Å². The minimum atomic E-state index is -0.555. The number of rotatable bonds is 3. The van der Waals surface area contributed by atoms with E-state index in [4.69, 9.17) is 5.73 Å². The zero-order valence-corrected chi connectivity index (χ0v) is 10.9. The molecular weight excluding hydrogens is 224 g/mol. The number of carbonyl (C=O) groups excluding carboxylic acids is 1. The second-order valence-corrected chi connectivity index (χ2v) is 5.27. The van der Waals surface area contributed by atoms with E-state index in [9.17, 15) is 4.79 Å². The maximum atomic E-state index is 12.1. The van der Waals surface area contributed by atoms with Crippen molar-refractivity contribution in [3.63, 3.8) is 0 Å². The molecule has 1 fully saturated rings. The van der Waals surface area contributed by atoms with Gasteiger partial charge in [-0.2, -0.15) is 0 Å². The minimum Gasteiger partial charge on any atom is -0.351 e. The molecule has 0 bridgehead atoms. The molecule has 0 radical (unpaired) electrons. The van der Waals surface area contributed by atoms with Gasteiger partial charge in [0.2, 0.25) is 5.91 Å². The summed E-state index contributed by atoms with van der Waals surface area (Å²) in [4.78, 5) is 12.1. The number of amides is 1. The average Bonchev–Trinajstić information content (AvgIpc) is 2.41.